The van der Waals surface area contributed by atoms with Crippen molar-refractivity contribution in [2.24, 2.45) is 0 Å². The monoisotopic (exact) mass is 284 g/mol. The maximum atomic E-state index is 11.0. The smallest absolute Gasteiger partial charge is 0.276 e. The lowest BCUT2D eigenvalue weighted by Gasteiger charge is -2.01. The van der Waals surface area contributed by atoms with Crippen LogP contribution in [0.5, 0.6) is 0 Å². The van der Waals surface area contributed by atoms with E-state index in [0.717, 1.165) is 17.8 Å². The molecule has 1 aromatic carbocycles. The second-order valence-corrected chi connectivity index (χ2v) is 4.48. The number of nitrogens with zero attached hydrogens (tertiary/aromatic N) is 3. The largest absolute Gasteiger partial charge is 0.284 e. The molecule has 0 radical (unpaired) electrons. The Bertz CT molecular complexity index is 602. The van der Waals surface area contributed by atoms with E-state index in [1.165, 1.54) is 18.5 Å². The van der Waals surface area contributed by atoms with Crippen LogP contribution in [-0.4, -0.2) is 25.3 Å². The Morgan fingerprint density at radius 2 is 2.28 bits per heavy atom. The fraction of sp³-hybridized carbons (Fsp3) is 0. The minimum atomic E-state index is -0.741. The first kappa shape index (κ1) is 12.5. The summed E-state index contributed by atoms with van der Waals surface area (Å²) >= 11 is 6.32. The van der Waals surface area contributed by atoms with E-state index < -0.39 is 10.2 Å². The molecule has 0 bridgehead atoms. The number of nitrogens with one attached hydrogen (secondary N) is 1. The van der Waals surface area contributed by atoms with Gasteiger partial charge in [-0.05, 0) is 35.5 Å². The molecule has 1 heterocycles. The van der Waals surface area contributed by atoms with Gasteiger partial charge in [0.1, 0.15) is 6.33 Å². The van der Waals surface area contributed by atoms with Crippen molar-refractivity contribution < 1.29 is 9.72 Å². The fourth-order valence-corrected chi connectivity index (χ4v) is 2.11. The van der Waals surface area contributed by atoms with Crippen LogP contribution in [0.15, 0.2) is 34.6 Å². The number of carbonyl (C=O) groups excluding carboxylic acids is 1. The van der Waals surface area contributed by atoms with E-state index in [1.807, 2.05) is 0 Å². The Morgan fingerprint density at radius 1 is 1.50 bits per heavy atom. The van der Waals surface area contributed by atoms with Gasteiger partial charge in [-0.2, -0.15) is 5.10 Å². The number of aromatic amines is 1. The fourth-order valence-electron chi connectivity index (χ4n) is 1.22. The highest BCUT2D eigenvalue weighted by Gasteiger charge is 2.18. The van der Waals surface area contributed by atoms with E-state index >= 15 is 0 Å². The highest BCUT2D eigenvalue weighted by atomic mass is 35.5. The number of hydrogen-bond donors (Lipinski definition) is 1. The van der Waals surface area contributed by atoms with Gasteiger partial charge < -0.3 is 0 Å². The van der Waals surface area contributed by atoms with Crippen LogP contribution in [0.2, 0.25) is 0 Å². The first-order valence-corrected chi connectivity index (χ1v) is 5.79. The minimum Gasteiger partial charge on any atom is -0.276 e. The molecule has 92 valence electrons. The van der Waals surface area contributed by atoms with Crippen LogP contribution in [0.1, 0.15) is 10.4 Å². The summed E-state index contributed by atoms with van der Waals surface area (Å²) < 4.78 is 0. The zero-order chi connectivity index (χ0) is 13.1. The van der Waals surface area contributed by atoms with E-state index in [0.29, 0.717) is 10.1 Å². The van der Waals surface area contributed by atoms with E-state index in [4.69, 9.17) is 11.6 Å². The van der Waals surface area contributed by atoms with Gasteiger partial charge in [0.15, 0.2) is 5.16 Å². The number of benzene rings is 1. The van der Waals surface area contributed by atoms with Crippen molar-refractivity contribution in [3.63, 3.8) is 0 Å². The predicted molar refractivity (Wildman–Crippen MR) is 63.8 cm³/mol. The summed E-state index contributed by atoms with van der Waals surface area (Å²) in [6.07, 6.45) is 1.30. The average Bonchev–Trinajstić information content (AvgIpc) is 2.81. The van der Waals surface area contributed by atoms with Crippen LogP contribution in [-0.2, 0) is 0 Å². The van der Waals surface area contributed by atoms with Crippen molar-refractivity contribution in [3.8, 4) is 0 Å². The summed E-state index contributed by atoms with van der Waals surface area (Å²) in [4.78, 5) is 25.5. The molecule has 1 N–H and O–H groups in total. The minimum absolute atomic E-state index is 0.0743. The van der Waals surface area contributed by atoms with E-state index in [-0.39, 0.29) is 11.3 Å². The topological polar surface area (TPSA) is 102 Å². The third-order valence-corrected chi connectivity index (χ3v) is 3.16. The van der Waals surface area contributed by atoms with Crippen LogP contribution in [0.25, 0.3) is 0 Å². The molecular formula is C9H5ClN4O3S. The Kier molecular flexibility index (Phi) is 3.58. The summed E-state index contributed by atoms with van der Waals surface area (Å²) in [7, 11) is 0. The van der Waals surface area contributed by atoms with Crippen LogP contribution in [0, 0.1) is 10.1 Å². The number of rotatable bonds is 4. The molecule has 0 aliphatic heterocycles. The van der Waals surface area contributed by atoms with Gasteiger partial charge in [-0.15, -0.1) is 0 Å². The quantitative estimate of drug-likeness (QED) is 0.525. The summed E-state index contributed by atoms with van der Waals surface area (Å²) in [5.74, 6) is 0. The molecule has 18 heavy (non-hydrogen) atoms. The first-order valence-electron chi connectivity index (χ1n) is 4.59. The zero-order valence-electron chi connectivity index (χ0n) is 8.66. The van der Waals surface area contributed by atoms with Gasteiger partial charge in [0.2, 0.25) is 0 Å². The molecule has 2 aromatic rings. The lowest BCUT2D eigenvalue weighted by atomic mass is 10.2. The Morgan fingerprint density at radius 3 is 2.83 bits per heavy atom. The lowest BCUT2D eigenvalue weighted by Crippen LogP contribution is -1.95. The molecule has 1 aromatic heterocycles. The number of aromatic nitrogens is 3. The number of nitro groups is 1. The van der Waals surface area contributed by atoms with Gasteiger partial charge in [0.25, 0.3) is 10.9 Å². The van der Waals surface area contributed by atoms with Crippen LogP contribution < -0.4 is 0 Å². The van der Waals surface area contributed by atoms with Crippen LogP contribution >= 0.6 is 23.4 Å². The lowest BCUT2D eigenvalue weighted by molar-refractivity contribution is -0.387. The first-order chi connectivity index (χ1) is 8.58. The second-order valence-electron chi connectivity index (χ2n) is 3.11. The predicted octanol–water partition coefficient (Wildman–Crippen LogP) is 2.24. The average molecular weight is 285 g/mol. The molecule has 0 saturated carbocycles. The summed E-state index contributed by atoms with van der Waals surface area (Å²) in [6.45, 7) is 0. The summed E-state index contributed by atoms with van der Waals surface area (Å²) in [5.41, 5.74) is -0.131. The van der Waals surface area contributed by atoms with Gasteiger partial charge in [-0.3, -0.25) is 20.0 Å². The van der Waals surface area contributed by atoms with E-state index in [9.17, 15) is 14.9 Å². The molecule has 9 heteroatoms. The number of H-pyrrole nitrogens is 1. The molecule has 0 atom stereocenters. The number of nitro benzene ring substituents is 1. The normalized spacial score (nSPS) is 10.3. The van der Waals surface area contributed by atoms with Crippen LogP contribution in [0.4, 0.5) is 5.69 Å². The third-order valence-electron chi connectivity index (χ3n) is 1.98. The molecule has 7 nitrogen and oxygen atoms in total. The highest BCUT2D eigenvalue weighted by Crippen LogP contribution is 2.33. The number of hydrogen-bond acceptors (Lipinski definition) is 6. The van der Waals surface area contributed by atoms with Crippen LogP contribution in [0.3, 0.4) is 0 Å². The number of carbonyl (C=O) groups is 1. The molecular weight excluding hydrogens is 280 g/mol. The Hall–Kier alpha value is -1.93. The van der Waals surface area contributed by atoms with Crippen molar-refractivity contribution >= 4 is 34.3 Å². The summed E-state index contributed by atoms with van der Waals surface area (Å²) in [6, 6.07) is 4.00. The Balaban J connectivity index is 2.40. The van der Waals surface area contributed by atoms with Crippen molar-refractivity contribution in [2.75, 3.05) is 0 Å². The number of halogens is 1. The third kappa shape index (κ3) is 2.66. The molecule has 0 spiro atoms. The molecule has 0 aliphatic carbocycles. The SMILES string of the molecule is O=C(Cl)c1ccc(Sc2ncn[nH]2)c([N+](=O)[O-])c1. The van der Waals surface area contributed by atoms with E-state index in [2.05, 4.69) is 15.2 Å². The summed E-state index contributed by atoms with van der Waals surface area (Å²) in [5, 5.41) is 16.8. The van der Waals surface area contributed by atoms with Gasteiger partial charge in [-0.1, -0.05) is 0 Å². The molecule has 0 aliphatic rings. The van der Waals surface area contributed by atoms with Crippen molar-refractivity contribution in [1.29, 1.82) is 0 Å². The van der Waals surface area contributed by atoms with Gasteiger partial charge in [-0.25, -0.2) is 4.98 Å². The van der Waals surface area contributed by atoms with Gasteiger partial charge in [0.05, 0.1) is 9.82 Å². The molecule has 0 amide bonds. The van der Waals surface area contributed by atoms with Gasteiger partial charge in [0, 0.05) is 11.6 Å². The second kappa shape index (κ2) is 5.15. The van der Waals surface area contributed by atoms with E-state index in [1.54, 1.807) is 0 Å². The maximum absolute atomic E-state index is 11.0. The zero-order valence-corrected chi connectivity index (χ0v) is 10.2. The molecule has 0 fully saturated rings. The van der Waals surface area contributed by atoms with Gasteiger partial charge >= 0.3 is 0 Å². The highest BCUT2D eigenvalue weighted by molar-refractivity contribution is 7.99. The molecule has 0 unspecified atom stereocenters. The maximum Gasteiger partial charge on any atom is 0.284 e. The molecule has 0 saturated heterocycles. The standard InChI is InChI=1S/C9H5ClN4O3S/c10-8(15)5-1-2-7(6(3-5)14(16)17)18-9-11-4-12-13-9/h1-4H,(H,11,12,13). The Labute approximate surface area is 110 Å². The van der Waals surface area contributed by atoms with Crippen molar-refractivity contribution in [3.05, 3.63) is 40.2 Å². The molecule has 2 rings (SSSR count). The van der Waals surface area contributed by atoms with Crippen molar-refractivity contribution in [2.45, 2.75) is 10.1 Å². The van der Waals surface area contributed by atoms with Crippen molar-refractivity contribution in [1.82, 2.24) is 15.2 Å².